The molecular formula is C14H18FNO. The minimum absolute atomic E-state index is 0.113. The molecule has 2 nitrogen and oxygen atoms in total. The maximum absolute atomic E-state index is 12.7. The molecular weight excluding hydrogens is 217 g/mol. The second-order valence-electron chi connectivity index (χ2n) is 5.21. The molecule has 0 unspecified atom stereocenters. The van der Waals surface area contributed by atoms with Crippen molar-refractivity contribution in [3.8, 4) is 0 Å². The zero-order chi connectivity index (χ0) is 12.3. The standard InChI is InChI=1S/C14H18FNO/c1-14(8-2-3-9-14)10-16-13(17)11-4-6-12(15)7-5-11/h4-7H,2-3,8-10H2,1H3,(H,16,17). The van der Waals surface area contributed by atoms with Gasteiger partial charge in [0.2, 0.25) is 0 Å². The van der Waals surface area contributed by atoms with Crippen LogP contribution in [0.1, 0.15) is 43.0 Å². The summed E-state index contributed by atoms with van der Waals surface area (Å²) < 4.78 is 12.7. The van der Waals surface area contributed by atoms with E-state index in [0.717, 1.165) is 0 Å². The van der Waals surface area contributed by atoms with Gasteiger partial charge in [0.25, 0.3) is 5.91 Å². The van der Waals surface area contributed by atoms with Gasteiger partial charge in [-0.15, -0.1) is 0 Å². The maximum Gasteiger partial charge on any atom is 0.251 e. The highest BCUT2D eigenvalue weighted by Gasteiger charge is 2.28. The van der Waals surface area contributed by atoms with Gasteiger partial charge in [-0.05, 0) is 42.5 Å². The lowest BCUT2D eigenvalue weighted by Crippen LogP contribution is -2.34. The molecule has 3 heteroatoms. The van der Waals surface area contributed by atoms with Gasteiger partial charge < -0.3 is 5.32 Å². The van der Waals surface area contributed by atoms with Crippen molar-refractivity contribution in [3.63, 3.8) is 0 Å². The number of rotatable bonds is 3. The van der Waals surface area contributed by atoms with Crippen LogP contribution in [0.2, 0.25) is 0 Å². The lowest BCUT2D eigenvalue weighted by Gasteiger charge is -2.23. The third kappa shape index (κ3) is 3.05. The normalized spacial score (nSPS) is 18.0. The van der Waals surface area contributed by atoms with Gasteiger partial charge in [-0.25, -0.2) is 4.39 Å². The Hall–Kier alpha value is -1.38. The predicted molar refractivity (Wildman–Crippen MR) is 65.3 cm³/mol. The molecule has 1 aliphatic carbocycles. The van der Waals surface area contributed by atoms with Crippen LogP contribution in [0.15, 0.2) is 24.3 Å². The van der Waals surface area contributed by atoms with Gasteiger partial charge in [-0.2, -0.15) is 0 Å². The van der Waals surface area contributed by atoms with E-state index in [2.05, 4.69) is 12.2 Å². The number of nitrogens with one attached hydrogen (secondary N) is 1. The molecule has 1 aromatic rings. The highest BCUT2D eigenvalue weighted by Crippen LogP contribution is 2.36. The third-order valence-corrected chi connectivity index (χ3v) is 3.59. The molecule has 2 rings (SSSR count). The van der Waals surface area contributed by atoms with Crippen molar-refractivity contribution in [1.82, 2.24) is 5.32 Å². The second kappa shape index (κ2) is 4.86. The number of carbonyl (C=O) groups is 1. The van der Waals surface area contributed by atoms with Crippen LogP contribution in [-0.2, 0) is 0 Å². The van der Waals surface area contributed by atoms with Crippen LogP contribution in [0.3, 0.4) is 0 Å². The quantitative estimate of drug-likeness (QED) is 0.856. The fourth-order valence-corrected chi connectivity index (χ4v) is 2.40. The topological polar surface area (TPSA) is 29.1 Å². The second-order valence-corrected chi connectivity index (χ2v) is 5.21. The van der Waals surface area contributed by atoms with Crippen molar-refractivity contribution in [2.45, 2.75) is 32.6 Å². The Kier molecular flexibility index (Phi) is 3.46. The van der Waals surface area contributed by atoms with E-state index >= 15 is 0 Å². The van der Waals surface area contributed by atoms with E-state index in [-0.39, 0.29) is 17.1 Å². The zero-order valence-electron chi connectivity index (χ0n) is 10.1. The summed E-state index contributed by atoms with van der Waals surface area (Å²) in [6, 6.07) is 5.65. The van der Waals surface area contributed by atoms with E-state index < -0.39 is 0 Å². The van der Waals surface area contributed by atoms with Gasteiger partial charge in [0.15, 0.2) is 0 Å². The van der Waals surface area contributed by atoms with Crippen molar-refractivity contribution in [2.75, 3.05) is 6.54 Å². The van der Waals surface area contributed by atoms with Crippen LogP contribution in [0, 0.1) is 11.2 Å². The van der Waals surface area contributed by atoms with Gasteiger partial charge >= 0.3 is 0 Å². The largest absolute Gasteiger partial charge is 0.351 e. The lowest BCUT2D eigenvalue weighted by atomic mass is 9.89. The smallest absolute Gasteiger partial charge is 0.251 e. The molecule has 92 valence electrons. The Morgan fingerprint density at radius 3 is 2.47 bits per heavy atom. The SMILES string of the molecule is CC1(CNC(=O)c2ccc(F)cc2)CCCC1. The lowest BCUT2D eigenvalue weighted by molar-refractivity contribution is 0.0934. The van der Waals surface area contributed by atoms with Crippen molar-refractivity contribution < 1.29 is 9.18 Å². The molecule has 17 heavy (non-hydrogen) atoms. The Morgan fingerprint density at radius 1 is 1.29 bits per heavy atom. The molecule has 0 heterocycles. The molecule has 1 fully saturated rings. The van der Waals surface area contributed by atoms with Crippen molar-refractivity contribution in [3.05, 3.63) is 35.6 Å². The Morgan fingerprint density at radius 2 is 1.88 bits per heavy atom. The summed E-state index contributed by atoms with van der Waals surface area (Å²) in [5, 5.41) is 2.94. The fraction of sp³-hybridized carbons (Fsp3) is 0.500. The third-order valence-electron chi connectivity index (χ3n) is 3.59. The number of hydrogen-bond donors (Lipinski definition) is 1. The first kappa shape index (κ1) is 12.1. The van der Waals surface area contributed by atoms with Gasteiger partial charge in [-0.3, -0.25) is 4.79 Å². The molecule has 0 aliphatic heterocycles. The number of carbonyl (C=O) groups excluding carboxylic acids is 1. The van der Waals surface area contributed by atoms with Crippen molar-refractivity contribution >= 4 is 5.91 Å². The minimum Gasteiger partial charge on any atom is -0.351 e. The molecule has 0 saturated heterocycles. The van der Waals surface area contributed by atoms with E-state index in [1.165, 1.54) is 49.9 Å². The molecule has 1 amide bonds. The molecule has 0 aromatic heterocycles. The summed E-state index contributed by atoms with van der Waals surface area (Å²) in [6.45, 7) is 2.92. The number of hydrogen-bond acceptors (Lipinski definition) is 1. The Bertz CT molecular complexity index is 393. The summed E-state index contributed by atoms with van der Waals surface area (Å²) in [4.78, 5) is 11.8. The molecule has 1 N–H and O–H groups in total. The van der Waals surface area contributed by atoms with E-state index in [0.29, 0.717) is 12.1 Å². The Balaban J connectivity index is 1.91. The van der Waals surface area contributed by atoms with E-state index in [4.69, 9.17) is 0 Å². The van der Waals surface area contributed by atoms with Crippen molar-refractivity contribution in [2.24, 2.45) is 5.41 Å². The summed E-state index contributed by atoms with van der Waals surface area (Å²) in [7, 11) is 0. The number of benzene rings is 1. The Labute approximate surface area is 101 Å². The van der Waals surface area contributed by atoms with Gasteiger partial charge in [-0.1, -0.05) is 19.8 Å². The minimum atomic E-state index is -0.315. The van der Waals surface area contributed by atoms with E-state index in [9.17, 15) is 9.18 Å². The molecule has 1 saturated carbocycles. The molecule has 0 radical (unpaired) electrons. The fourth-order valence-electron chi connectivity index (χ4n) is 2.40. The molecule has 0 atom stereocenters. The molecule has 1 aliphatic rings. The van der Waals surface area contributed by atoms with Crippen LogP contribution in [0.4, 0.5) is 4.39 Å². The summed E-state index contributed by atoms with van der Waals surface area (Å²) in [6.07, 6.45) is 4.86. The van der Waals surface area contributed by atoms with Gasteiger partial charge in [0.05, 0.1) is 0 Å². The van der Waals surface area contributed by atoms with Crippen LogP contribution in [0.25, 0.3) is 0 Å². The predicted octanol–water partition coefficient (Wildman–Crippen LogP) is 3.14. The number of halogens is 1. The highest BCUT2D eigenvalue weighted by atomic mass is 19.1. The number of amides is 1. The monoisotopic (exact) mass is 235 g/mol. The average molecular weight is 235 g/mol. The summed E-state index contributed by atoms with van der Waals surface area (Å²) in [5.74, 6) is -0.428. The first-order valence-corrected chi connectivity index (χ1v) is 6.13. The van der Waals surface area contributed by atoms with Crippen LogP contribution < -0.4 is 5.32 Å². The zero-order valence-corrected chi connectivity index (χ0v) is 10.1. The summed E-state index contributed by atoms with van der Waals surface area (Å²) in [5.41, 5.74) is 0.767. The first-order valence-electron chi connectivity index (χ1n) is 6.13. The van der Waals surface area contributed by atoms with Crippen LogP contribution >= 0.6 is 0 Å². The van der Waals surface area contributed by atoms with Crippen LogP contribution in [0.5, 0.6) is 0 Å². The highest BCUT2D eigenvalue weighted by molar-refractivity contribution is 5.94. The van der Waals surface area contributed by atoms with Gasteiger partial charge in [0, 0.05) is 12.1 Å². The summed E-state index contributed by atoms with van der Waals surface area (Å²) >= 11 is 0. The first-order chi connectivity index (χ1) is 8.09. The van der Waals surface area contributed by atoms with E-state index in [1.807, 2.05) is 0 Å². The molecule has 0 spiro atoms. The average Bonchev–Trinajstić information content (AvgIpc) is 2.75. The molecule has 0 bridgehead atoms. The maximum atomic E-state index is 12.7. The van der Waals surface area contributed by atoms with Crippen LogP contribution in [-0.4, -0.2) is 12.5 Å². The van der Waals surface area contributed by atoms with E-state index in [1.54, 1.807) is 0 Å². The molecule has 1 aromatic carbocycles. The van der Waals surface area contributed by atoms with Gasteiger partial charge in [0.1, 0.15) is 5.82 Å². The van der Waals surface area contributed by atoms with Crippen molar-refractivity contribution in [1.29, 1.82) is 0 Å².